The van der Waals surface area contributed by atoms with Crippen molar-refractivity contribution in [3.63, 3.8) is 0 Å². The van der Waals surface area contributed by atoms with E-state index in [1.54, 1.807) is 24.4 Å². The summed E-state index contributed by atoms with van der Waals surface area (Å²) in [7, 11) is 0. The van der Waals surface area contributed by atoms with E-state index < -0.39 is 0 Å². The molecule has 2 aromatic carbocycles. The molecule has 0 atom stereocenters. The van der Waals surface area contributed by atoms with Crippen LogP contribution in [0.3, 0.4) is 0 Å². The molecule has 0 saturated carbocycles. The number of rotatable bonds is 7. The molecule has 1 heterocycles. The Hall–Kier alpha value is -2.56. The molecule has 144 valence electrons. The van der Waals surface area contributed by atoms with Crippen LogP contribution in [0.2, 0.25) is 5.02 Å². The lowest BCUT2D eigenvalue weighted by molar-refractivity contribution is -0.113. The van der Waals surface area contributed by atoms with Crippen molar-refractivity contribution in [3.05, 3.63) is 63.6 Å². The molecule has 28 heavy (non-hydrogen) atoms. The van der Waals surface area contributed by atoms with Gasteiger partial charge < -0.3 is 11.2 Å². The van der Waals surface area contributed by atoms with E-state index in [0.29, 0.717) is 15.9 Å². The molecule has 1 amide bonds. The molecular formula is C17H15BrClN7OS. The van der Waals surface area contributed by atoms with Gasteiger partial charge in [-0.15, -0.1) is 10.2 Å². The third-order valence-corrected chi connectivity index (χ3v) is 5.28. The minimum atomic E-state index is -0.185. The van der Waals surface area contributed by atoms with E-state index in [2.05, 4.69) is 42.0 Å². The average Bonchev–Trinajstić information content (AvgIpc) is 3.03. The number of hydrogen-bond acceptors (Lipinski definition) is 7. The number of carbonyl (C=O) groups is 1. The number of anilines is 2. The number of benzene rings is 2. The number of amides is 1. The topological polar surface area (TPSA) is 110 Å². The normalized spacial score (nSPS) is 10.9. The van der Waals surface area contributed by atoms with E-state index in [9.17, 15) is 4.79 Å². The predicted octanol–water partition coefficient (Wildman–Crippen LogP) is 3.58. The largest absolute Gasteiger partial charge is 0.334 e. The SMILES string of the molecule is Nn1c(N/N=C/c2ccc(Cl)cc2)nnc1SCC(=O)Nc1ccccc1Br. The Labute approximate surface area is 178 Å². The van der Waals surface area contributed by atoms with Gasteiger partial charge in [0, 0.05) is 9.50 Å². The first-order valence-electron chi connectivity index (χ1n) is 7.95. The first-order chi connectivity index (χ1) is 13.5. The van der Waals surface area contributed by atoms with Gasteiger partial charge in [0.2, 0.25) is 11.1 Å². The van der Waals surface area contributed by atoms with Gasteiger partial charge in [-0.3, -0.25) is 4.79 Å². The van der Waals surface area contributed by atoms with Crippen molar-refractivity contribution < 1.29 is 4.79 Å². The molecule has 1 aromatic heterocycles. The van der Waals surface area contributed by atoms with Crippen molar-refractivity contribution in [2.45, 2.75) is 5.16 Å². The van der Waals surface area contributed by atoms with Gasteiger partial charge >= 0.3 is 0 Å². The molecule has 0 saturated heterocycles. The average molecular weight is 481 g/mol. The van der Waals surface area contributed by atoms with Gasteiger partial charge in [-0.2, -0.15) is 5.10 Å². The van der Waals surface area contributed by atoms with Crippen molar-refractivity contribution in [1.82, 2.24) is 14.9 Å². The lowest BCUT2D eigenvalue weighted by Gasteiger charge is -2.06. The second-order valence-corrected chi connectivity index (χ2v) is 7.65. The number of aromatic nitrogens is 3. The number of hydrogen-bond donors (Lipinski definition) is 3. The Morgan fingerprint density at radius 2 is 2.00 bits per heavy atom. The van der Waals surface area contributed by atoms with Crippen LogP contribution in [-0.2, 0) is 4.79 Å². The zero-order valence-corrected chi connectivity index (χ0v) is 17.5. The van der Waals surface area contributed by atoms with Crippen molar-refractivity contribution in [2.75, 3.05) is 22.3 Å². The summed E-state index contributed by atoms with van der Waals surface area (Å²) >= 11 is 10.4. The Bertz CT molecular complexity index is 993. The van der Waals surface area contributed by atoms with E-state index in [0.717, 1.165) is 21.8 Å². The maximum absolute atomic E-state index is 12.1. The van der Waals surface area contributed by atoms with Gasteiger partial charge in [-0.1, -0.05) is 47.6 Å². The molecule has 0 radical (unpaired) electrons. The molecule has 3 aromatic rings. The molecule has 11 heteroatoms. The fourth-order valence-corrected chi connectivity index (χ4v) is 3.21. The van der Waals surface area contributed by atoms with Crippen LogP contribution < -0.4 is 16.6 Å². The summed E-state index contributed by atoms with van der Waals surface area (Å²) in [5, 5.41) is 15.8. The van der Waals surface area contributed by atoms with Gasteiger partial charge in [-0.05, 0) is 45.8 Å². The highest BCUT2D eigenvalue weighted by molar-refractivity contribution is 9.10. The quantitative estimate of drug-likeness (QED) is 0.206. The Balaban J connectivity index is 1.53. The molecule has 0 unspecified atom stereocenters. The first kappa shape index (κ1) is 20.2. The second-order valence-electron chi connectivity index (χ2n) is 5.41. The van der Waals surface area contributed by atoms with E-state index >= 15 is 0 Å². The number of nitrogens with zero attached hydrogens (tertiary/aromatic N) is 4. The summed E-state index contributed by atoms with van der Waals surface area (Å²) in [6.07, 6.45) is 1.60. The third-order valence-electron chi connectivity index (χ3n) is 3.39. The second kappa shape index (κ2) is 9.58. The Morgan fingerprint density at radius 3 is 2.75 bits per heavy atom. The van der Waals surface area contributed by atoms with E-state index in [1.807, 2.05) is 30.3 Å². The number of nitrogens with two attached hydrogens (primary N) is 1. The van der Waals surface area contributed by atoms with E-state index in [1.165, 1.54) is 4.68 Å². The van der Waals surface area contributed by atoms with Crippen LogP contribution >= 0.6 is 39.3 Å². The number of halogens is 2. The number of para-hydroxylation sites is 1. The molecular weight excluding hydrogens is 466 g/mol. The number of carbonyl (C=O) groups excluding carboxylic acids is 1. The lowest BCUT2D eigenvalue weighted by atomic mass is 10.2. The van der Waals surface area contributed by atoms with Crippen molar-refractivity contribution >= 4 is 63.1 Å². The van der Waals surface area contributed by atoms with Crippen LogP contribution in [0.5, 0.6) is 0 Å². The van der Waals surface area contributed by atoms with Gasteiger partial charge in [0.25, 0.3) is 5.95 Å². The van der Waals surface area contributed by atoms with Crippen LogP contribution in [0.25, 0.3) is 0 Å². The van der Waals surface area contributed by atoms with Crippen LogP contribution in [0.1, 0.15) is 5.56 Å². The summed E-state index contributed by atoms with van der Waals surface area (Å²) in [6.45, 7) is 0. The minimum absolute atomic E-state index is 0.130. The number of thioether (sulfide) groups is 1. The van der Waals surface area contributed by atoms with Crippen molar-refractivity contribution in [1.29, 1.82) is 0 Å². The van der Waals surface area contributed by atoms with Gasteiger partial charge in [-0.25, -0.2) is 10.1 Å². The molecule has 4 N–H and O–H groups in total. The van der Waals surface area contributed by atoms with Crippen molar-refractivity contribution in [3.8, 4) is 0 Å². The summed E-state index contributed by atoms with van der Waals surface area (Å²) in [5.74, 6) is 6.14. The summed E-state index contributed by atoms with van der Waals surface area (Å²) in [4.78, 5) is 12.1. The Morgan fingerprint density at radius 1 is 1.25 bits per heavy atom. The fraction of sp³-hybridized carbons (Fsp3) is 0.0588. The first-order valence-corrected chi connectivity index (χ1v) is 10.1. The molecule has 0 fully saturated rings. The van der Waals surface area contributed by atoms with E-state index in [4.69, 9.17) is 17.4 Å². The zero-order chi connectivity index (χ0) is 19.9. The molecule has 0 aliphatic heterocycles. The van der Waals surface area contributed by atoms with Crippen LogP contribution in [-0.4, -0.2) is 32.7 Å². The number of nitrogens with one attached hydrogen (secondary N) is 2. The molecule has 0 aliphatic carbocycles. The highest BCUT2D eigenvalue weighted by Gasteiger charge is 2.12. The van der Waals surface area contributed by atoms with Crippen LogP contribution in [0.4, 0.5) is 11.6 Å². The molecule has 0 bridgehead atoms. The predicted molar refractivity (Wildman–Crippen MR) is 116 cm³/mol. The minimum Gasteiger partial charge on any atom is -0.334 e. The van der Waals surface area contributed by atoms with Crippen molar-refractivity contribution in [2.24, 2.45) is 5.10 Å². The van der Waals surface area contributed by atoms with Gasteiger partial charge in [0.15, 0.2) is 0 Å². The van der Waals surface area contributed by atoms with Crippen LogP contribution in [0.15, 0.2) is 63.3 Å². The summed E-state index contributed by atoms with van der Waals surface area (Å²) in [6, 6.07) is 14.5. The fourth-order valence-electron chi connectivity index (χ4n) is 2.04. The zero-order valence-electron chi connectivity index (χ0n) is 14.3. The standard InChI is InChI=1S/C17H15BrClN7OS/c18-13-3-1-2-4-14(13)22-15(27)10-28-17-25-24-16(26(17)20)23-21-9-11-5-7-12(19)8-6-11/h1-9H,10,20H2,(H,22,27)(H,23,24)/b21-9+. The molecule has 0 spiro atoms. The van der Waals surface area contributed by atoms with Gasteiger partial charge in [0.1, 0.15) is 0 Å². The summed E-state index contributed by atoms with van der Waals surface area (Å²) in [5.41, 5.74) is 4.27. The van der Waals surface area contributed by atoms with Gasteiger partial charge in [0.05, 0.1) is 17.7 Å². The lowest BCUT2D eigenvalue weighted by Crippen LogP contribution is -2.17. The number of hydrazone groups is 1. The molecule has 0 aliphatic rings. The molecule has 8 nitrogen and oxygen atoms in total. The maximum Gasteiger partial charge on any atom is 0.264 e. The molecule has 3 rings (SSSR count). The monoisotopic (exact) mass is 479 g/mol. The smallest absolute Gasteiger partial charge is 0.264 e. The highest BCUT2D eigenvalue weighted by atomic mass is 79.9. The summed E-state index contributed by atoms with van der Waals surface area (Å²) < 4.78 is 2.04. The van der Waals surface area contributed by atoms with Crippen LogP contribution in [0, 0.1) is 0 Å². The number of nitrogen functional groups attached to an aromatic ring is 1. The maximum atomic E-state index is 12.1. The highest BCUT2D eigenvalue weighted by Crippen LogP contribution is 2.22. The Kier molecular flexibility index (Phi) is 6.90. The third kappa shape index (κ3) is 5.47. The van der Waals surface area contributed by atoms with E-state index in [-0.39, 0.29) is 17.6 Å².